The molecular weight excluding hydrogens is 224 g/mol. The number of pyridine rings is 1. The number of hydrogen-bond donors (Lipinski definition) is 1. The topological polar surface area (TPSA) is 50.7 Å². The van der Waals surface area contributed by atoms with E-state index in [-0.39, 0.29) is 0 Å². The van der Waals surface area contributed by atoms with Crippen LogP contribution in [0.3, 0.4) is 0 Å². The lowest BCUT2D eigenvalue weighted by Crippen LogP contribution is -2.07. The van der Waals surface area contributed by atoms with Crippen LogP contribution in [0.5, 0.6) is 0 Å². The quantitative estimate of drug-likeness (QED) is 0.898. The zero-order chi connectivity index (χ0) is 13.1. The minimum absolute atomic E-state index is 0.394. The van der Waals surface area contributed by atoms with E-state index in [1.54, 1.807) is 6.20 Å². The van der Waals surface area contributed by atoms with Crippen LogP contribution >= 0.6 is 0 Å². The van der Waals surface area contributed by atoms with Crippen molar-refractivity contribution in [2.45, 2.75) is 26.7 Å². The highest BCUT2D eigenvalue weighted by molar-refractivity contribution is 5.57. The second kappa shape index (κ2) is 5.12. The fourth-order valence-corrected chi connectivity index (χ4v) is 2.07. The zero-order valence-electron chi connectivity index (χ0n) is 11.2. The molecule has 4 heteroatoms. The number of aryl methyl sites for hydroxylation is 1. The Morgan fingerprint density at radius 3 is 2.50 bits per heavy atom. The third-order valence-corrected chi connectivity index (χ3v) is 2.84. The zero-order valence-corrected chi connectivity index (χ0v) is 11.2. The van der Waals surface area contributed by atoms with Crippen LogP contribution < -0.4 is 5.32 Å². The standard InChI is InChI=1S/C14H18N4/c1-9(2)12-10(3)17-13(18-14(12)15-4)11-7-5-6-8-16-11/h5-9H,1-4H3,(H,15,17,18). The average Bonchev–Trinajstić information content (AvgIpc) is 2.38. The minimum Gasteiger partial charge on any atom is -0.373 e. The number of anilines is 1. The van der Waals surface area contributed by atoms with Gasteiger partial charge in [0, 0.05) is 24.5 Å². The van der Waals surface area contributed by atoms with Crippen molar-refractivity contribution >= 4 is 5.82 Å². The summed E-state index contributed by atoms with van der Waals surface area (Å²) in [6.45, 7) is 6.31. The molecule has 0 aromatic carbocycles. The van der Waals surface area contributed by atoms with Gasteiger partial charge in [-0.3, -0.25) is 4.98 Å². The van der Waals surface area contributed by atoms with E-state index in [4.69, 9.17) is 0 Å². The number of rotatable bonds is 3. The van der Waals surface area contributed by atoms with Gasteiger partial charge in [-0.1, -0.05) is 19.9 Å². The van der Waals surface area contributed by atoms with Gasteiger partial charge in [0.2, 0.25) is 0 Å². The molecule has 2 heterocycles. The van der Waals surface area contributed by atoms with Crippen molar-refractivity contribution in [2.75, 3.05) is 12.4 Å². The van der Waals surface area contributed by atoms with Crippen molar-refractivity contribution in [1.29, 1.82) is 0 Å². The van der Waals surface area contributed by atoms with Gasteiger partial charge in [0.25, 0.3) is 0 Å². The van der Waals surface area contributed by atoms with E-state index >= 15 is 0 Å². The Kier molecular flexibility index (Phi) is 3.55. The van der Waals surface area contributed by atoms with Crippen molar-refractivity contribution in [3.05, 3.63) is 35.7 Å². The molecule has 0 saturated carbocycles. The Bertz CT molecular complexity index is 535. The maximum absolute atomic E-state index is 4.56. The van der Waals surface area contributed by atoms with Gasteiger partial charge in [0.15, 0.2) is 5.82 Å². The van der Waals surface area contributed by atoms with Crippen LogP contribution in [0.1, 0.15) is 31.0 Å². The SMILES string of the molecule is CNc1nc(-c2ccccn2)nc(C)c1C(C)C. The molecule has 4 nitrogen and oxygen atoms in total. The summed E-state index contributed by atoms with van der Waals surface area (Å²) in [6.07, 6.45) is 1.75. The highest BCUT2D eigenvalue weighted by atomic mass is 15.0. The molecule has 2 aromatic heterocycles. The van der Waals surface area contributed by atoms with E-state index in [0.29, 0.717) is 11.7 Å². The van der Waals surface area contributed by atoms with Gasteiger partial charge in [-0.2, -0.15) is 0 Å². The summed E-state index contributed by atoms with van der Waals surface area (Å²) in [5, 5.41) is 3.15. The Morgan fingerprint density at radius 1 is 1.17 bits per heavy atom. The molecule has 0 saturated heterocycles. The highest BCUT2D eigenvalue weighted by Crippen LogP contribution is 2.27. The number of nitrogens with one attached hydrogen (secondary N) is 1. The van der Waals surface area contributed by atoms with Crippen molar-refractivity contribution < 1.29 is 0 Å². The molecule has 0 unspecified atom stereocenters. The molecule has 94 valence electrons. The summed E-state index contributed by atoms with van der Waals surface area (Å²) in [5.41, 5.74) is 2.97. The van der Waals surface area contributed by atoms with E-state index in [1.807, 2.05) is 32.2 Å². The molecule has 0 bridgehead atoms. The molecule has 0 spiro atoms. The van der Waals surface area contributed by atoms with E-state index < -0.39 is 0 Å². The third kappa shape index (κ3) is 2.32. The molecule has 1 N–H and O–H groups in total. The predicted octanol–water partition coefficient (Wildman–Crippen LogP) is 3.01. The second-order valence-corrected chi connectivity index (χ2v) is 4.51. The maximum atomic E-state index is 4.56. The average molecular weight is 242 g/mol. The largest absolute Gasteiger partial charge is 0.373 e. The predicted molar refractivity (Wildman–Crippen MR) is 73.6 cm³/mol. The Morgan fingerprint density at radius 2 is 1.94 bits per heavy atom. The van der Waals surface area contributed by atoms with Crippen molar-refractivity contribution in [3.63, 3.8) is 0 Å². The monoisotopic (exact) mass is 242 g/mol. The van der Waals surface area contributed by atoms with E-state index in [0.717, 1.165) is 22.8 Å². The first-order valence-corrected chi connectivity index (χ1v) is 6.11. The Hall–Kier alpha value is -1.97. The first-order chi connectivity index (χ1) is 8.63. The number of aromatic nitrogens is 3. The minimum atomic E-state index is 0.394. The lowest BCUT2D eigenvalue weighted by Gasteiger charge is -2.15. The number of hydrogen-bond acceptors (Lipinski definition) is 4. The molecule has 18 heavy (non-hydrogen) atoms. The summed E-state index contributed by atoms with van der Waals surface area (Å²) < 4.78 is 0. The summed E-state index contributed by atoms with van der Waals surface area (Å²) in [5.74, 6) is 1.95. The molecule has 0 amide bonds. The van der Waals surface area contributed by atoms with Crippen LogP contribution in [-0.4, -0.2) is 22.0 Å². The van der Waals surface area contributed by atoms with Crippen molar-refractivity contribution in [1.82, 2.24) is 15.0 Å². The van der Waals surface area contributed by atoms with Gasteiger partial charge in [-0.05, 0) is 25.0 Å². The Labute approximate surface area is 108 Å². The molecule has 2 rings (SSSR count). The molecule has 0 radical (unpaired) electrons. The Balaban J connectivity index is 2.56. The molecule has 0 fully saturated rings. The third-order valence-electron chi connectivity index (χ3n) is 2.84. The van der Waals surface area contributed by atoms with Gasteiger partial charge in [0.1, 0.15) is 11.5 Å². The molecule has 0 atom stereocenters. The molecule has 0 aliphatic rings. The lowest BCUT2D eigenvalue weighted by molar-refractivity contribution is 0.833. The fraction of sp³-hybridized carbons (Fsp3) is 0.357. The second-order valence-electron chi connectivity index (χ2n) is 4.51. The molecule has 0 aliphatic heterocycles. The fourth-order valence-electron chi connectivity index (χ4n) is 2.07. The number of nitrogens with zero attached hydrogens (tertiary/aromatic N) is 3. The molecule has 2 aromatic rings. The lowest BCUT2D eigenvalue weighted by atomic mass is 10.0. The highest BCUT2D eigenvalue weighted by Gasteiger charge is 2.14. The summed E-state index contributed by atoms with van der Waals surface area (Å²) in [4.78, 5) is 13.4. The van der Waals surface area contributed by atoms with Crippen molar-refractivity contribution in [3.8, 4) is 11.5 Å². The van der Waals surface area contributed by atoms with Gasteiger partial charge in [0.05, 0.1) is 0 Å². The van der Waals surface area contributed by atoms with Gasteiger partial charge in [-0.25, -0.2) is 9.97 Å². The van der Waals surface area contributed by atoms with Crippen LogP contribution in [0.25, 0.3) is 11.5 Å². The van der Waals surface area contributed by atoms with Gasteiger partial charge in [-0.15, -0.1) is 0 Å². The first kappa shape index (κ1) is 12.5. The maximum Gasteiger partial charge on any atom is 0.180 e. The van der Waals surface area contributed by atoms with Gasteiger partial charge >= 0.3 is 0 Å². The van der Waals surface area contributed by atoms with Crippen LogP contribution in [0.15, 0.2) is 24.4 Å². The molecular formula is C14H18N4. The van der Waals surface area contributed by atoms with Crippen LogP contribution in [0, 0.1) is 6.92 Å². The van der Waals surface area contributed by atoms with E-state index in [1.165, 1.54) is 0 Å². The van der Waals surface area contributed by atoms with Crippen LogP contribution in [0.4, 0.5) is 5.82 Å². The molecule has 0 aliphatic carbocycles. The van der Waals surface area contributed by atoms with Gasteiger partial charge < -0.3 is 5.32 Å². The van der Waals surface area contributed by atoms with Crippen molar-refractivity contribution in [2.24, 2.45) is 0 Å². The normalized spacial score (nSPS) is 10.7. The summed E-state index contributed by atoms with van der Waals surface area (Å²) in [7, 11) is 1.88. The van der Waals surface area contributed by atoms with Crippen LogP contribution in [-0.2, 0) is 0 Å². The van der Waals surface area contributed by atoms with E-state index in [2.05, 4.69) is 34.1 Å². The van der Waals surface area contributed by atoms with E-state index in [9.17, 15) is 0 Å². The summed E-state index contributed by atoms with van der Waals surface area (Å²) >= 11 is 0. The first-order valence-electron chi connectivity index (χ1n) is 6.11. The summed E-state index contributed by atoms with van der Waals surface area (Å²) in [6, 6.07) is 5.75. The smallest absolute Gasteiger partial charge is 0.180 e. The van der Waals surface area contributed by atoms with Crippen LogP contribution in [0.2, 0.25) is 0 Å².